The lowest BCUT2D eigenvalue weighted by molar-refractivity contribution is 0.0911. The van der Waals surface area contributed by atoms with Crippen LogP contribution in [0.15, 0.2) is 18.2 Å². The second kappa shape index (κ2) is 5.54. The highest BCUT2D eigenvalue weighted by atomic mass is 35.5. The highest BCUT2D eigenvalue weighted by Crippen LogP contribution is 2.14. The highest BCUT2D eigenvalue weighted by Gasteiger charge is 2.21. The lowest BCUT2D eigenvalue weighted by Gasteiger charge is -2.25. The van der Waals surface area contributed by atoms with Crippen LogP contribution in [0.25, 0.3) is 0 Å². The molecular formula is C14H20ClNO. The molecule has 0 atom stereocenters. The van der Waals surface area contributed by atoms with Crippen LogP contribution in [0.3, 0.4) is 0 Å². The van der Waals surface area contributed by atoms with E-state index in [0.29, 0.717) is 5.88 Å². The second-order valence-corrected chi connectivity index (χ2v) is 5.47. The molecule has 17 heavy (non-hydrogen) atoms. The fraction of sp³-hybridized carbons (Fsp3) is 0.500. The molecule has 0 radical (unpaired) electrons. The van der Waals surface area contributed by atoms with Crippen molar-refractivity contribution >= 4 is 17.5 Å². The molecule has 0 saturated heterocycles. The average molecular weight is 254 g/mol. The van der Waals surface area contributed by atoms with Gasteiger partial charge in [-0.15, -0.1) is 11.6 Å². The number of amides is 1. The predicted octanol–water partition coefficient (Wildman–Crippen LogP) is 3.44. The van der Waals surface area contributed by atoms with E-state index in [1.807, 2.05) is 45.9 Å². The monoisotopic (exact) mass is 253 g/mol. The summed E-state index contributed by atoms with van der Waals surface area (Å²) in [7, 11) is 0. The van der Waals surface area contributed by atoms with Crippen molar-refractivity contribution in [2.24, 2.45) is 0 Å². The van der Waals surface area contributed by atoms with Gasteiger partial charge in [0.05, 0.1) is 0 Å². The Kier molecular flexibility index (Phi) is 4.58. The van der Waals surface area contributed by atoms with Crippen LogP contribution in [-0.2, 0) is 0 Å². The zero-order valence-corrected chi connectivity index (χ0v) is 11.7. The third kappa shape index (κ3) is 4.04. The number of rotatable bonds is 4. The number of hydrogen-bond acceptors (Lipinski definition) is 1. The van der Waals surface area contributed by atoms with Crippen molar-refractivity contribution in [1.82, 2.24) is 5.32 Å². The maximum absolute atomic E-state index is 12.1. The van der Waals surface area contributed by atoms with E-state index >= 15 is 0 Å². The summed E-state index contributed by atoms with van der Waals surface area (Å²) >= 11 is 5.72. The Bertz CT molecular complexity index is 413. The van der Waals surface area contributed by atoms with Crippen molar-refractivity contribution in [3.05, 3.63) is 34.9 Å². The van der Waals surface area contributed by atoms with Gasteiger partial charge >= 0.3 is 0 Å². The maximum atomic E-state index is 12.1. The largest absolute Gasteiger partial charge is 0.347 e. The Morgan fingerprint density at radius 3 is 2.53 bits per heavy atom. The van der Waals surface area contributed by atoms with Crippen LogP contribution in [-0.4, -0.2) is 17.3 Å². The minimum atomic E-state index is -0.268. The van der Waals surface area contributed by atoms with Crippen molar-refractivity contribution in [2.75, 3.05) is 5.88 Å². The number of benzene rings is 1. The molecular weight excluding hydrogens is 234 g/mol. The number of nitrogens with one attached hydrogen (secondary N) is 1. The van der Waals surface area contributed by atoms with E-state index in [1.54, 1.807) is 0 Å². The van der Waals surface area contributed by atoms with Gasteiger partial charge in [-0.25, -0.2) is 0 Å². The summed E-state index contributed by atoms with van der Waals surface area (Å²) in [6, 6.07) is 5.84. The number of carbonyl (C=O) groups excluding carboxylic acids is 1. The van der Waals surface area contributed by atoms with E-state index in [4.69, 9.17) is 11.6 Å². The molecule has 0 spiro atoms. The summed E-state index contributed by atoms with van der Waals surface area (Å²) in [5, 5.41) is 3.01. The molecule has 0 fully saturated rings. The summed E-state index contributed by atoms with van der Waals surface area (Å²) in [4.78, 5) is 12.1. The van der Waals surface area contributed by atoms with Crippen LogP contribution in [0.4, 0.5) is 0 Å². The predicted molar refractivity (Wildman–Crippen MR) is 72.8 cm³/mol. The van der Waals surface area contributed by atoms with Gasteiger partial charge in [0.1, 0.15) is 0 Å². The molecule has 0 unspecified atom stereocenters. The molecule has 1 aromatic carbocycles. The van der Waals surface area contributed by atoms with Gasteiger partial charge in [0.25, 0.3) is 5.91 Å². The second-order valence-electron chi connectivity index (χ2n) is 5.10. The fourth-order valence-electron chi connectivity index (χ4n) is 1.74. The van der Waals surface area contributed by atoms with E-state index in [-0.39, 0.29) is 11.4 Å². The molecule has 1 rings (SSSR count). The molecule has 2 nitrogen and oxygen atoms in total. The van der Waals surface area contributed by atoms with E-state index in [0.717, 1.165) is 17.5 Å². The van der Waals surface area contributed by atoms with Crippen molar-refractivity contribution in [3.8, 4) is 0 Å². The van der Waals surface area contributed by atoms with E-state index in [2.05, 4.69) is 5.32 Å². The van der Waals surface area contributed by atoms with Gasteiger partial charge in [-0.05, 0) is 45.7 Å². The minimum absolute atomic E-state index is 0.0300. The van der Waals surface area contributed by atoms with Crippen LogP contribution >= 0.6 is 11.6 Å². The van der Waals surface area contributed by atoms with Crippen LogP contribution in [0.5, 0.6) is 0 Å². The van der Waals surface area contributed by atoms with Crippen molar-refractivity contribution in [2.45, 2.75) is 39.7 Å². The summed E-state index contributed by atoms with van der Waals surface area (Å²) < 4.78 is 0. The molecule has 0 aliphatic heterocycles. The standard InChI is InChI=1S/C14H20ClNO/c1-10-5-6-12(11(2)9-10)13(17)16-14(3,4)7-8-15/h5-6,9H,7-8H2,1-4H3,(H,16,17). The van der Waals surface area contributed by atoms with Gasteiger partial charge in [-0.3, -0.25) is 4.79 Å². The Morgan fingerprint density at radius 2 is 2.00 bits per heavy atom. The summed E-state index contributed by atoms with van der Waals surface area (Å²) in [6.45, 7) is 7.94. The summed E-state index contributed by atoms with van der Waals surface area (Å²) in [6.07, 6.45) is 0.755. The summed E-state index contributed by atoms with van der Waals surface area (Å²) in [5.41, 5.74) is 2.64. The number of hydrogen-bond donors (Lipinski definition) is 1. The Morgan fingerprint density at radius 1 is 1.35 bits per heavy atom. The van der Waals surface area contributed by atoms with E-state index < -0.39 is 0 Å². The summed E-state index contributed by atoms with van der Waals surface area (Å²) in [5.74, 6) is 0.512. The average Bonchev–Trinajstić information content (AvgIpc) is 2.15. The lowest BCUT2D eigenvalue weighted by Crippen LogP contribution is -2.43. The van der Waals surface area contributed by atoms with Gasteiger partial charge in [0.2, 0.25) is 0 Å². The first-order valence-electron chi connectivity index (χ1n) is 5.81. The van der Waals surface area contributed by atoms with Crippen LogP contribution in [0.2, 0.25) is 0 Å². The molecule has 0 aliphatic rings. The van der Waals surface area contributed by atoms with Crippen LogP contribution in [0, 0.1) is 13.8 Å². The zero-order valence-electron chi connectivity index (χ0n) is 10.9. The molecule has 94 valence electrons. The molecule has 3 heteroatoms. The highest BCUT2D eigenvalue weighted by molar-refractivity contribution is 6.17. The van der Waals surface area contributed by atoms with Crippen LogP contribution in [0.1, 0.15) is 41.8 Å². The van der Waals surface area contributed by atoms with Gasteiger partial charge in [0.15, 0.2) is 0 Å². The molecule has 0 bridgehead atoms. The van der Waals surface area contributed by atoms with E-state index in [1.165, 1.54) is 5.56 Å². The third-order valence-electron chi connectivity index (χ3n) is 2.80. The third-order valence-corrected chi connectivity index (χ3v) is 2.99. The molecule has 1 aromatic rings. The zero-order chi connectivity index (χ0) is 13.1. The van der Waals surface area contributed by atoms with Crippen molar-refractivity contribution in [1.29, 1.82) is 0 Å². The topological polar surface area (TPSA) is 29.1 Å². The molecule has 0 aromatic heterocycles. The number of carbonyl (C=O) groups is 1. The first-order chi connectivity index (χ1) is 7.85. The first-order valence-corrected chi connectivity index (χ1v) is 6.35. The number of aryl methyl sites for hydroxylation is 2. The number of halogens is 1. The van der Waals surface area contributed by atoms with Crippen LogP contribution < -0.4 is 5.32 Å². The molecule has 1 N–H and O–H groups in total. The van der Waals surface area contributed by atoms with Gasteiger partial charge < -0.3 is 5.32 Å². The van der Waals surface area contributed by atoms with Gasteiger partial charge in [0, 0.05) is 17.0 Å². The normalized spacial score (nSPS) is 11.4. The molecule has 0 heterocycles. The van der Waals surface area contributed by atoms with E-state index in [9.17, 15) is 4.79 Å². The Labute approximate surface area is 108 Å². The minimum Gasteiger partial charge on any atom is -0.347 e. The van der Waals surface area contributed by atoms with Crippen molar-refractivity contribution in [3.63, 3.8) is 0 Å². The Hall–Kier alpha value is -1.02. The molecule has 0 saturated carbocycles. The number of alkyl halides is 1. The fourth-order valence-corrected chi connectivity index (χ4v) is 2.21. The van der Waals surface area contributed by atoms with Crippen molar-refractivity contribution < 1.29 is 4.79 Å². The lowest BCUT2D eigenvalue weighted by atomic mass is 9.99. The quantitative estimate of drug-likeness (QED) is 0.819. The van der Waals surface area contributed by atoms with Gasteiger partial charge in [-0.1, -0.05) is 17.7 Å². The SMILES string of the molecule is Cc1ccc(C(=O)NC(C)(C)CCCl)c(C)c1. The smallest absolute Gasteiger partial charge is 0.251 e. The first kappa shape index (κ1) is 14.0. The molecule has 0 aliphatic carbocycles. The maximum Gasteiger partial charge on any atom is 0.251 e. The molecule has 1 amide bonds. The Balaban J connectivity index is 2.83. The van der Waals surface area contributed by atoms with Gasteiger partial charge in [-0.2, -0.15) is 0 Å².